The minimum absolute atomic E-state index is 0.0788. The molecule has 4 atom stereocenters. The van der Waals surface area contributed by atoms with Crippen molar-refractivity contribution in [1.29, 1.82) is 0 Å². The molecule has 4 heteroatoms. The van der Waals surface area contributed by atoms with Crippen LogP contribution in [0.15, 0.2) is 0 Å². The van der Waals surface area contributed by atoms with Crippen LogP contribution in [0.5, 0.6) is 0 Å². The molecule has 0 aromatic rings. The van der Waals surface area contributed by atoms with Crippen LogP contribution in [0.2, 0.25) is 0 Å². The second-order valence-corrected chi connectivity index (χ2v) is 4.65. The minimum Gasteiger partial charge on any atom is -0.389 e. The molecule has 1 aliphatic rings. The predicted molar refractivity (Wildman–Crippen MR) is 49.5 cm³/mol. The van der Waals surface area contributed by atoms with E-state index >= 15 is 0 Å². The highest BCUT2D eigenvalue weighted by Gasteiger charge is 2.40. The van der Waals surface area contributed by atoms with Crippen molar-refractivity contribution in [2.45, 2.75) is 29.6 Å². The topological polar surface area (TPSA) is 38.7 Å². The molecule has 1 rings (SSSR count). The number of thioether (sulfide) groups is 1. The highest BCUT2D eigenvalue weighted by atomic mass is 32.2. The standard InChI is InChI=1S/C8H16O3S/c1-5-7(9)8(11-3)6(12-5)4-10-2/h5-9H,4H2,1-3H3. The second-order valence-electron chi connectivity index (χ2n) is 3.03. The van der Waals surface area contributed by atoms with Crippen molar-refractivity contribution in [1.82, 2.24) is 0 Å². The van der Waals surface area contributed by atoms with Gasteiger partial charge in [0.15, 0.2) is 0 Å². The molecule has 0 saturated carbocycles. The number of methoxy groups -OCH3 is 2. The first-order chi connectivity index (χ1) is 5.70. The molecule has 1 saturated heterocycles. The van der Waals surface area contributed by atoms with Crippen LogP contribution in [0.1, 0.15) is 6.92 Å². The Morgan fingerprint density at radius 3 is 2.58 bits per heavy atom. The maximum atomic E-state index is 9.65. The summed E-state index contributed by atoms with van der Waals surface area (Å²) in [4.78, 5) is 0. The zero-order valence-corrected chi connectivity index (χ0v) is 8.50. The lowest BCUT2D eigenvalue weighted by molar-refractivity contribution is -0.0119. The number of hydrogen-bond acceptors (Lipinski definition) is 4. The summed E-state index contributed by atoms with van der Waals surface area (Å²) in [7, 11) is 3.30. The molecule has 0 aliphatic carbocycles. The summed E-state index contributed by atoms with van der Waals surface area (Å²) in [6, 6.07) is 0. The van der Waals surface area contributed by atoms with Gasteiger partial charge in [-0.3, -0.25) is 0 Å². The van der Waals surface area contributed by atoms with Gasteiger partial charge in [-0.25, -0.2) is 0 Å². The summed E-state index contributed by atoms with van der Waals surface area (Å²) in [5.41, 5.74) is 0. The number of rotatable bonds is 3. The lowest BCUT2D eigenvalue weighted by Gasteiger charge is -2.18. The molecular weight excluding hydrogens is 176 g/mol. The molecule has 0 bridgehead atoms. The van der Waals surface area contributed by atoms with E-state index in [0.717, 1.165) is 0 Å². The number of ether oxygens (including phenoxy) is 2. The molecular formula is C8H16O3S. The van der Waals surface area contributed by atoms with Crippen molar-refractivity contribution < 1.29 is 14.6 Å². The van der Waals surface area contributed by atoms with E-state index in [0.29, 0.717) is 6.61 Å². The summed E-state index contributed by atoms with van der Waals surface area (Å²) in [6.45, 7) is 2.65. The van der Waals surface area contributed by atoms with Crippen LogP contribution in [0, 0.1) is 0 Å². The number of hydrogen-bond donors (Lipinski definition) is 1. The molecule has 3 nitrogen and oxygen atoms in total. The van der Waals surface area contributed by atoms with Crippen molar-refractivity contribution in [3.8, 4) is 0 Å². The van der Waals surface area contributed by atoms with Gasteiger partial charge in [-0.1, -0.05) is 6.92 Å². The Morgan fingerprint density at radius 2 is 2.08 bits per heavy atom. The summed E-state index contributed by atoms with van der Waals surface area (Å²) in [5, 5.41) is 10.2. The molecule has 0 aromatic carbocycles. The molecule has 1 aliphatic heterocycles. The molecule has 4 unspecified atom stereocenters. The molecule has 0 spiro atoms. The minimum atomic E-state index is -0.361. The molecule has 1 heterocycles. The van der Waals surface area contributed by atoms with Crippen LogP contribution in [0.25, 0.3) is 0 Å². The summed E-state index contributed by atoms with van der Waals surface area (Å²) < 4.78 is 10.3. The first-order valence-corrected chi connectivity index (χ1v) is 5.00. The SMILES string of the molecule is COCC1SC(C)C(O)C1OC. The van der Waals surface area contributed by atoms with Crippen LogP contribution >= 0.6 is 11.8 Å². The summed E-state index contributed by atoms with van der Waals surface area (Å²) in [6.07, 6.45) is -0.440. The predicted octanol–water partition coefficient (Wildman–Crippen LogP) is 0.513. The van der Waals surface area contributed by atoms with E-state index in [9.17, 15) is 5.11 Å². The van der Waals surface area contributed by atoms with E-state index in [2.05, 4.69) is 0 Å². The maximum Gasteiger partial charge on any atom is 0.0981 e. The van der Waals surface area contributed by atoms with E-state index < -0.39 is 0 Å². The molecule has 0 aromatic heterocycles. The van der Waals surface area contributed by atoms with Crippen molar-refractivity contribution in [3.63, 3.8) is 0 Å². The Kier molecular flexibility index (Phi) is 3.83. The third kappa shape index (κ3) is 1.93. The smallest absolute Gasteiger partial charge is 0.0981 e. The van der Waals surface area contributed by atoms with Crippen LogP contribution < -0.4 is 0 Å². The van der Waals surface area contributed by atoms with Crippen molar-refractivity contribution in [2.24, 2.45) is 0 Å². The van der Waals surface area contributed by atoms with Crippen molar-refractivity contribution >= 4 is 11.8 Å². The fraction of sp³-hybridized carbons (Fsp3) is 1.00. The quantitative estimate of drug-likeness (QED) is 0.707. The van der Waals surface area contributed by atoms with E-state index in [1.807, 2.05) is 6.92 Å². The Labute approximate surface area is 77.4 Å². The van der Waals surface area contributed by atoms with Gasteiger partial charge in [-0.2, -0.15) is 0 Å². The average molecular weight is 192 g/mol. The first-order valence-electron chi connectivity index (χ1n) is 4.06. The van der Waals surface area contributed by atoms with Crippen LogP contribution in [0.3, 0.4) is 0 Å². The summed E-state index contributed by atoms with van der Waals surface area (Å²) >= 11 is 1.73. The third-order valence-electron chi connectivity index (χ3n) is 2.18. The van der Waals surface area contributed by atoms with Gasteiger partial charge in [-0.15, -0.1) is 11.8 Å². The normalized spacial score (nSPS) is 42.0. The van der Waals surface area contributed by atoms with Gasteiger partial charge >= 0.3 is 0 Å². The Bertz CT molecular complexity index is 142. The van der Waals surface area contributed by atoms with E-state index in [-0.39, 0.29) is 22.7 Å². The van der Waals surface area contributed by atoms with Crippen LogP contribution in [-0.2, 0) is 9.47 Å². The van der Waals surface area contributed by atoms with Gasteiger partial charge in [0.25, 0.3) is 0 Å². The molecule has 0 radical (unpaired) electrons. The van der Waals surface area contributed by atoms with Gasteiger partial charge in [0.2, 0.25) is 0 Å². The molecule has 0 amide bonds. The maximum absolute atomic E-state index is 9.65. The van der Waals surface area contributed by atoms with Gasteiger partial charge in [0.05, 0.1) is 24.1 Å². The highest BCUT2D eigenvalue weighted by molar-refractivity contribution is 8.00. The number of aliphatic hydroxyl groups excluding tert-OH is 1. The summed E-state index contributed by atoms with van der Waals surface area (Å²) in [5.74, 6) is 0. The zero-order valence-electron chi connectivity index (χ0n) is 7.69. The van der Waals surface area contributed by atoms with E-state index in [1.54, 1.807) is 26.0 Å². The molecule has 1 N–H and O–H groups in total. The Morgan fingerprint density at radius 1 is 1.42 bits per heavy atom. The van der Waals surface area contributed by atoms with Gasteiger partial charge in [0.1, 0.15) is 0 Å². The highest BCUT2D eigenvalue weighted by Crippen LogP contribution is 2.35. The first kappa shape index (κ1) is 10.3. The lowest BCUT2D eigenvalue weighted by atomic mass is 10.1. The van der Waals surface area contributed by atoms with Crippen LogP contribution in [0.4, 0.5) is 0 Å². The fourth-order valence-electron chi connectivity index (χ4n) is 1.51. The lowest BCUT2D eigenvalue weighted by Crippen LogP contribution is -2.35. The van der Waals surface area contributed by atoms with E-state index in [1.165, 1.54) is 0 Å². The fourth-order valence-corrected chi connectivity index (χ4v) is 3.02. The monoisotopic (exact) mass is 192 g/mol. The Hall–Kier alpha value is 0.230. The van der Waals surface area contributed by atoms with Gasteiger partial charge in [0, 0.05) is 19.5 Å². The van der Waals surface area contributed by atoms with Gasteiger partial charge in [-0.05, 0) is 0 Å². The average Bonchev–Trinajstić information content (AvgIpc) is 2.29. The van der Waals surface area contributed by atoms with Crippen molar-refractivity contribution in [3.05, 3.63) is 0 Å². The molecule has 12 heavy (non-hydrogen) atoms. The van der Waals surface area contributed by atoms with E-state index in [4.69, 9.17) is 9.47 Å². The molecule has 1 fully saturated rings. The van der Waals surface area contributed by atoms with Crippen LogP contribution in [-0.4, -0.2) is 48.6 Å². The largest absolute Gasteiger partial charge is 0.389 e. The Balaban J connectivity index is 2.52. The second kappa shape index (κ2) is 4.46. The number of aliphatic hydroxyl groups is 1. The van der Waals surface area contributed by atoms with Crippen molar-refractivity contribution in [2.75, 3.05) is 20.8 Å². The third-order valence-corrected chi connectivity index (χ3v) is 3.64. The zero-order chi connectivity index (χ0) is 9.14. The molecule has 72 valence electrons. The van der Waals surface area contributed by atoms with Gasteiger partial charge < -0.3 is 14.6 Å².